The lowest BCUT2D eigenvalue weighted by molar-refractivity contribution is 0.179. The first-order valence-corrected chi connectivity index (χ1v) is 7.24. The Balaban J connectivity index is 2.40. The van der Waals surface area contributed by atoms with Crippen LogP contribution in [0.2, 0.25) is 0 Å². The van der Waals surface area contributed by atoms with Gasteiger partial charge in [0.1, 0.15) is 0 Å². The normalized spacial score (nSPS) is 14.6. The smallest absolute Gasteiger partial charge is 0.208 e. The van der Waals surface area contributed by atoms with Gasteiger partial charge >= 0.3 is 0 Å². The Morgan fingerprint density at radius 2 is 2.18 bits per heavy atom. The summed E-state index contributed by atoms with van der Waals surface area (Å²) in [5.74, 6) is 0.917. The van der Waals surface area contributed by atoms with Crippen LogP contribution in [0, 0.1) is 0 Å². The van der Waals surface area contributed by atoms with Gasteiger partial charge < -0.3 is 15.3 Å². The van der Waals surface area contributed by atoms with Gasteiger partial charge in [-0.15, -0.1) is 10.2 Å². The number of likely N-dealkylation sites (N-methyl/N-ethyl adjacent to an activating group) is 1. The monoisotopic (exact) mass is 276 g/mol. The Labute approximate surface area is 111 Å². The van der Waals surface area contributed by atoms with Crippen molar-refractivity contribution in [3.63, 3.8) is 0 Å². The molecule has 0 aliphatic heterocycles. The van der Waals surface area contributed by atoms with Gasteiger partial charge in [-0.05, 0) is 20.4 Å². The van der Waals surface area contributed by atoms with Gasteiger partial charge in [-0.1, -0.05) is 23.1 Å². The number of nitrogens with zero attached hydrogens (tertiary/aromatic N) is 3. The number of aliphatic hydroxyl groups is 1. The van der Waals surface area contributed by atoms with Crippen LogP contribution in [0.15, 0.2) is 4.34 Å². The summed E-state index contributed by atoms with van der Waals surface area (Å²) in [6.07, 6.45) is 0.890. The number of rotatable bonds is 7. The number of thioether (sulfide) groups is 1. The lowest BCUT2D eigenvalue weighted by atomic mass is 10.0. The Bertz CT molecular complexity index is 339. The highest BCUT2D eigenvalue weighted by molar-refractivity contribution is 8.01. The molecule has 1 unspecified atom stereocenters. The molecule has 17 heavy (non-hydrogen) atoms. The molecule has 0 aliphatic rings. The van der Waals surface area contributed by atoms with E-state index in [9.17, 15) is 5.11 Å². The second kappa shape index (κ2) is 6.53. The van der Waals surface area contributed by atoms with Crippen molar-refractivity contribution >= 4 is 28.2 Å². The van der Waals surface area contributed by atoms with E-state index < -0.39 is 0 Å². The van der Waals surface area contributed by atoms with Gasteiger partial charge in [0, 0.05) is 25.4 Å². The topological polar surface area (TPSA) is 61.3 Å². The standard InChI is InChI=1S/C10H20N4OS2/c1-10(7-15,11-2)5-6-16-9-13-12-8(17-9)14(3)4/h11,15H,5-7H2,1-4H3. The minimum Gasteiger partial charge on any atom is -0.394 e. The molecule has 0 amide bonds. The molecule has 1 atom stereocenters. The van der Waals surface area contributed by atoms with Crippen molar-refractivity contribution in [3.8, 4) is 0 Å². The molecule has 0 bridgehead atoms. The van der Waals surface area contributed by atoms with Crippen molar-refractivity contribution in [2.75, 3.05) is 38.4 Å². The Kier molecular flexibility index (Phi) is 5.64. The van der Waals surface area contributed by atoms with Crippen LogP contribution in [0.25, 0.3) is 0 Å². The Hall–Kier alpha value is -0.370. The molecule has 5 nitrogen and oxygen atoms in total. The van der Waals surface area contributed by atoms with Gasteiger partial charge in [0.2, 0.25) is 5.13 Å². The number of hydrogen-bond acceptors (Lipinski definition) is 7. The second-order valence-electron chi connectivity index (χ2n) is 4.31. The molecule has 0 aromatic carbocycles. The Morgan fingerprint density at radius 3 is 2.65 bits per heavy atom. The van der Waals surface area contributed by atoms with Gasteiger partial charge in [-0.3, -0.25) is 0 Å². The molecule has 0 saturated heterocycles. The van der Waals surface area contributed by atoms with Gasteiger partial charge in [0.05, 0.1) is 6.61 Å². The summed E-state index contributed by atoms with van der Waals surface area (Å²) in [5.41, 5.74) is -0.206. The average molecular weight is 276 g/mol. The fraction of sp³-hybridized carbons (Fsp3) is 0.800. The van der Waals surface area contributed by atoms with Crippen molar-refractivity contribution in [2.24, 2.45) is 0 Å². The van der Waals surface area contributed by atoms with E-state index in [4.69, 9.17) is 0 Å². The SMILES string of the molecule is CNC(C)(CO)CCSc1nnc(N(C)C)s1. The molecule has 1 aromatic heterocycles. The van der Waals surface area contributed by atoms with Crippen LogP contribution in [0.1, 0.15) is 13.3 Å². The average Bonchev–Trinajstić information content (AvgIpc) is 2.78. The summed E-state index contributed by atoms with van der Waals surface area (Å²) in [4.78, 5) is 1.95. The summed E-state index contributed by atoms with van der Waals surface area (Å²) < 4.78 is 0.977. The van der Waals surface area contributed by atoms with Crippen LogP contribution < -0.4 is 10.2 Å². The summed E-state index contributed by atoms with van der Waals surface area (Å²) >= 11 is 3.27. The van der Waals surface area contributed by atoms with E-state index >= 15 is 0 Å². The molecule has 1 heterocycles. The minimum absolute atomic E-state index is 0.142. The lowest BCUT2D eigenvalue weighted by Gasteiger charge is -2.26. The fourth-order valence-corrected chi connectivity index (χ4v) is 3.13. The maximum atomic E-state index is 9.26. The quantitative estimate of drug-likeness (QED) is 0.726. The van der Waals surface area contributed by atoms with Crippen LogP contribution in [0.3, 0.4) is 0 Å². The molecule has 0 fully saturated rings. The first-order chi connectivity index (χ1) is 8.00. The number of aliphatic hydroxyl groups excluding tert-OH is 1. The largest absolute Gasteiger partial charge is 0.394 e. The molecular formula is C10H20N4OS2. The van der Waals surface area contributed by atoms with E-state index in [2.05, 4.69) is 15.5 Å². The van der Waals surface area contributed by atoms with Crippen LogP contribution in [-0.2, 0) is 0 Å². The number of hydrogen-bond donors (Lipinski definition) is 2. The first kappa shape index (κ1) is 14.7. The van der Waals surface area contributed by atoms with E-state index in [0.717, 1.165) is 21.6 Å². The van der Waals surface area contributed by atoms with E-state index in [0.29, 0.717) is 0 Å². The molecule has 98 valence electrons. The Morgan fingerprint density at radius 1 is 1.47 bits per heavy atom. The minimum atomic E-state index is -0.206. The van der Waals surface area contributed by atoms with Crippen molar-refractivity contribution in [3.05, 3.63) is 0 Å². The summed E-state index contributed by atoms with van der Waals surface area (Å²) in [5, 5.41) is 21.5. The van der Waals surface area contributed by atoms with Crippen molar-refractivity contribution in [1.82, 2.24) is 15.5 Å². The van der Waals surface area contributed by atoms with Gasteiger partial charge in [0.15, 0.2) is 4.34 Å². The van der Waals surface area contributed by atoms with Crippen molar-refractivity contribution in [2.45, 2.75) is 23.2 Å². The number of anilines is 1. The molecule has 0 spiro atoms. The predicted molar refractivity (Wildman–Crippen MR) is 74.1 cm³/mol. The summed E-state index contributed by atoms with van der Waals surface area (Å²) in [7, 11) is 5.79. The highest BCUT2D eigenvalue weighted by Gasteiger charge is 2.20. The molecule has 7 heteroatoms. The predicted octanol–water partition coefficient (Wildman–Crippen LogP) is 1.06. The second-order valence-corrected chi connectivity index (χ2v) is 6.61. The maximum absolute atomic E-state index is 9.26. The van der Waals surface area contributed by atoms with Crippen molar-refractivity contribution in [1.29, 1.82) is 0 Å². The van der Waals surface area contributed by atoms with Crippen LogP contribution >= 0.6 is 23.1 Å². The molecule has 1 rings (SSSR count). The molecule has 0 radical (unpaired) electrons. The lowest BCUT2D eigenvalue weighted by Crippen LogP contribution is -2.43. The summed E-state index contributed by atoms with van der Waals surface area (Å²) in [6.45, 7) is 2.15. The van der Waals surface area contributed by atoms with Gasteiger partial charge in [-0.2, -0.15) is 0 Å². The van der Waals surface area contributed by atoms with Crippen LogP contribution in [0.4, 0.5) is 5.13 Å². The van der Waals surface area contributed by atoms with Crippen LogP contribution in [-0.4, -0.2) is 54.3 Å². The zero-order valence-electron chi connectivity index (χ0n) is 10.7. The van der Waals surface area contributed by atoms with E-state index in [-0.39, 0.29) is 12.1 Å². The molecule has 0 aliphatic carbocycles. The highest BCUT2D eigenvalue weighted by Crippen LogP contribution is 2.28. The number of nitrogens with one attached hydrogen (secondary N) is 1. The first-order valence-electron chi connectivity index (χ1n) is 5.44. The van der Waals surface area contributed by atoms with Gasteiger partial charge in [-0.25, -0.2) is 0 Å². The number of aromatic nitrogens is 2. The fourth-order valence-electron chi connectivity index (χ4n) is 1.09. The summed E-state index contributed by atoms with van der Waals surface area (Å²) in [6, 6.07) is 0. The van der Waals surface area contributed by atoms with E-state index in [1.54, 1.807) is 23.1 Å². The van der Waals surface area contributed by atoms with Crippen LogP contribution in [0.5, 0.6) is 0 Å². The van der Waals surface area contributed by atoms with Gasteiger partial charge in [0.25, 0.3) is 0 Å². The maximum Gasteiger partial charge on any atom is 0.208 e. The highest BCUT2D eigenvalue weighted by atomic mass is 32.2. The zero-order valence-corrected chi connectivity index (χ0v) is 12.4. The third kappa shape index (κ3) is 4.42. The molecule has 0 saturated carbocycles. The zero-order chi connectivity index (χ0) is 12.9. The van der Waals surface area contributed by atoms with Crippen molar-refractivity contribution < 1.29 is 5.11 Å². The third-order valence-corrected chi connectivity index (χ3v) is 4.84. The van der Waals surface area contributed by atoms with E-state index in [1.165, 1.54) is 0 Å². The molecular weight excluding hydrogens is 256 g/mol. The third-order valence-electron chi connectivity index (χ3n) is 2.61. The van der Waals surface area contributed by atoms with E-state index in [1.807, 2.05) is 33.0 Å². The molecule has 1 aromatic rings. The molecule has 2 N–H and O–H groups in total.